The lowest BCUT2D eigenvalue weighted by Gasteiger charge is -1.91. The van der Waals surface area contributed by atoms with E-state index in [0.717, 1.165) is 20.7 Å². The van der Waals surface area contributed by atoms with E-state index in [1.807, 2.05) is 13.0 Å². The molecule has 0 atom stereocenters. The first-order chi connectivity index (χ1) is 7.66. The first-order valence-corrected chi connectivity index (χ1v) is 6.33. The molecule has 2 aromatic heterocycles. The zero-order valence-corrected chi connectivity index (χ0v) is 10.1. The minimum Gasteiger partial charge on any atom is -0.481 e. The van der Waals surface area contributed by atoms with Crippen LogP contribution >= 0.6 is 23.1 Å². The Hall–Kier alpha value is -1.27. The highest BCUT2D eigenvalue weighted by Crippen LogP contribution is 2.32. The second-order valence-electron chi connectivity index (χ2n) is 3.04. The lowest BCUT2D eigenvalue weighted by molar-refractivity contribution is -0.133. The number of carboxylic acids is 1. The van der Waals surface area contributed by atoms with Crippen LogP contribution in [0.5, 0.6) is 0 Å². The summed E-state index contributed by atoms with van der Waals surface area (Å²) in [6.45, 7) is 1.94. The van der Waals surface area contributed by atoms with E-state index in [-0.39, 0.29) is 5.75 Å². The van der Waals surface area contributed by atoms with Crippen LogP contribution < -0.4 is 0 Å². The summed E-state index contributed by atoms with van der Waals surface area (Å²) in [5.74, 6) is -0.0850. The lowest BCUT2D eigenvalue weighted by Crippen LogP contribution is -1.96. The first kappa shape index (κ1) is 11.2. The van der Waals surface area contributed by atoms with Crippen LogP contribution in [0.25, 0.3) is 11.5 Å². The Morgan fingerprint density at radius 2 is 2.50 bits per heavy atom. The molecule has 0 aromatic carbocycles. The topological polar surface area (TPSA) is 63.3 Å². The fourth-order valence-electron chi connectivity index (χ4n) is 1.20. The van der Waals surface area contributed by atoms with E-state index in [0.29, 0.717) is 0 Å². The van der Waals surface area contributed by atoms with Gasteiger partial charge in [0.05, 0.1) is 12.0 Å². The Kier molecular flexibility index (Phi) is 3.31. The van der Waals surface area contributed by atoms with Gasteiger partial charge in [-0.05, 0) is 19.1 Å². The van der Waals surface area contributed by atoms with E-state index >= 15 is 0 Å². The molecule has 0 aliphatic heterocycles. The third-order valence-electron chi connectivity index (χ3n) is 1.85. The van der Waals surface area contributed by atoms with Crippen molar-refractivity contribution >= 4 is 29.1 Å². The number of hydrogen-bond donors (Lipinski definition) is 1. The van der Waals surface area contributed by atoms with Crippen molar-refractivity contribution < 1.29 is 14.3 Å². The Bertz CT molecular complexity index is 490. The second kappa shape index (κ2) is 4.71. The van der Waals surface area contributed by atoms with E-state index in [2.05, 4.69) is 4.98 Å². The molecule has 1 N–H and O–H groups in total. The molecule has 0 aliphatic carbocycles. The summed E-state index contributed by atoms with van der Waals surface area (Å²) >= 11 is 2.71. The van der Waals surface area contributed by atoms with Crippen LogP contribution in [0.2, 0.25) is 0 Å². The van der Waals surface area contributed by atoms with Crippen molar-refractivity contribution in [1.29, 1.82) is 0 Å². The molecule has 0 spiro atoms. The number of hydrogen-bond acceptors (Lipinski definition) is 5. The summed E-state index contributed by atoms with van der Waals surface area (Å²) in [6.07, 6.45) is 1.60. The molecule has 0 saturated heterocycles. The summed E-state index contributed by atoms with van der Waals surface area (Å²) in [4.78, 5) is 15.8. The van der Waals surface area contributed by atoms with Crippen LogP contribution in [0.3, 0.4) is 0 Å². The zero-order chi connectivity index (χ0) is 11.5. The highest BCUT2D eigenvalue weighted by Gasteiger charge is 2.12. The Balaban J connectivity index is 2.19. The molecule has 0 radical (unpaired) electrons. The van der Waals surface area contributed by atoms with Crippen molar-refractivity contribution in [3.8, 4) is 11.5 Å². The maximum absolute atomic E-state index is 10.4. The third kappa shape index (κ3) is 2.45. The number of thioether (sulfide) groups is 1. The van der Waals surface area contributed by atoms with Crippen molar-refractivity contribution in [2.45, 2.75) is 11.3 Å². The van der Waals surface area contributed by atoms with Gasteiger partial charge in [0, 0.05) is 4.88 Å². The van der Waals surface area contributed by atoms with Crippen LogP contribution in [-0.2, 0) is 4.79 Å². The summed E-state index contributed by atoms with van der Waals surface area (Å²) in [7, 11) is 0. The lowest BCUT2D eigenvalue weighted by atomic mass is 10.3. The number of aromatic nitrogens is 1. The van der Waals surface area contributed by atoms with Gasteiger partial charge in [-0.2, -0.15) is 0 Å². The normalized spacial score (nSPS) is 10.6. The van der Waals surface area contributed by atoms with Gasteiger partial charge in [0.15, 0.2) is 10.1 Å². The number of furan rings is 1. The van der Waals surface area contributed by atoms with E-state index < -0.39 is 5.97 Å². The number of aryl methyl sites for hydroxylation is 1. The first-order valence-electron chi connectivity index (χ1n) is 4.52. The largest absolute Gasteiger partial charge is 0.481 e. The van der Waals surface area contributed by atoms with Crippen LogP contribution in [-0.4, -0.2) is 21.8 Å². The Morgan fingerprint density at radius 1 is 1.69 bits per heavy atom. The fourth-order valence-corrected chi connectivity index (χ4v) is 3.03. The highest BCUT2D eigenvalue weighted by molar-refractivity contribution is 8.01. The second-order valence-corrected chi connectivity index (χ2v) is 5.47. The molecule has 2 aromatic rings. The van der Waals surface area contributed by atoms with Gasteiger partial charge in [-0.15, -0.1) is 11.3 Å². The van der Waals surface area contributed by atoms with Crippen LogP contribution in [0.1, 0.15) is 4.88 Å². The van der Waals surface area contributed by atoms with E-state index in [9.17, 15) is 4.79 Å². The van der Waals surface area contributed by atoms with Crippen molar-refractivity contribution in [1.82, 2.24) is 4.98 Å². The SMILES string of the molecule is Cc1sc(SCC(=O)O)nc1-c1ccco1. The smallest absolute Gasteiger partial charge is 0.313 e. The quantitative estimate of drug-likeness (QED) is 0.851. The van der Waals surface area contributed by atoms with Crippen LogP contribution in [0.15, 0.2) is 27.2 Å². The molecule has 2 heterocycles. The molecule has 0 fully saturated rings. The molecular formula is C10H9NO3S2. The van der Waals surface area contributed by atoms with Gasteiger partial charge in [0.1, 0.15) is 5.69 Å². The minimum atomic E-state index is -0.836. The predicted octanol–water partition coefficient (Wildman–Crippen LogP) is 2.89. The molecule has 6 heteroatoms. The number of thiazole rings is 1. The van der Waals surface area contributed by atoms with Crippen LogP contribution in [0.4, 0.5) is 0 Å². The monoisotopic (exact) mass is 255 g/mol. The van der Waals surface area contributed by atoms with Gasteiger partial charge < -0.3 is 9.52 Å². The summed E-state index contributed by atoms with van der Waals surface area (Å²) in [5, 5.41) is 8.57. The van der Waals surface area contributed by atoms with Gasteiger partial charge in [0.25, 0.3) is 0 Å². The molecule has 0 amide bonds. The molecule has 2 rings (SSSR count). The van der Waals surface area contributed by atoms with Gasteiger partial charge in [0.2, 0.25) is 0 Å². The maximum Gasteiger partial charge on any atom is 0.313 e. The fraction of sp³-hybridized carbons (Fsp3) is 0.200. The van der Waals surface area contributed by atoms with Crippen molar-refractivity contribution in [3.05, 3.63) is 23.3 Å². The van der Waals surface area contributed by atoms with Crippen molar-refractivity contribution in [2.75, 3.05) is 5.75 Å². The molecule has 0 bridgehead atoms. The molecule has 0 saturated carbocycles. The average Bonchev–Trinajstić information content (AvgIpc) is 2.83. The van der Waals surface area contributed by atoms with E-state index in [4.69, 9.17) is 9.52 Å². The minimum absolute atomic E-state index is 0.0323. The maximum atomic E-state index is 10.4. The molecule has 0 unspecified atom stereocenters. The third-order valence-corrected chi connectivity index (χ3v) is 3.95. The van der Waals surface area contributed by atoms with Crippen LogP contribution in [0, 0.1) is 6.92 Å². The molecule has 16 heavy (non-hydrogen) atoms. The molecule has 0 aliphatic rings. The number of aliphatic carboxylic acids is 1. The number of rotatable bonds is 4. The standard InChI is InChI=1S/C10H9NO3S2/c1-6-9(7-3-2-4-14-7)11-10(16-6)15-5-8(12)13/h2-4H,5H2,1H3,(H,12,13). The summed E-state index contributed by atoms with van der Waals surface area (Å²) in [6, 6.07) is 3.64. The summed E-state index contributed by atoms with van der Waals surface area (Å²) < 4.78 is 6.01. The van der Waals surface area contributed by atoms with Gasteiger partial charge in [-0.1, -0.05) is 11.8 Å². The van der Waals surface area contributed by atoms with E-state index in [1.54, 1.807) is 12.3 Å². The van der Waals surface area contributed by atoms with Crippen molar-refractivity contribution in [2.24, 2.45) is 0 Å². The van der Waals surface area contributed by atoms with Gasteiger partial charge in [-0.25, -0.2) is 4.98 Å². The zero-order valence-electron chi connectivity index (χ0n) is 8.47. The average molecular weight is 255 g/mol. The van der Waals surface area contributed by atoms with E-state index in [1.165, 1.54) is 23.1 Å². The Labute approximate surface area is 100 Å². The number of carbonyl (C=O) groups is 1. The predicted molar refractivity (Wildman–Crippen MR) is 62.9 cm³/mol. The number of nitrogens with zero attached hydrogens (tertiary/aromatic N) is 1. The highest BCUT2D eigenvalue weighted by atomic mass is 32.2. The molecule has 4 nitrogen and oxygen atoms in total. The van der Waals surface area contributed by atoms with Gasteiger partial charge >= 0.3 is 5.97 Å². The molecule has 84 valence electrons. The van der Waals surface area contributed by atoms with Crippen molar-refractivity contribution in [3.63, 3.8) is 0 Å². The Morgan fingerprint density at radius 3 is 3.12 bits per heavy atom. The molecular weight excluding hydrogens is 246 g/mol. The van der Waals surface area contributed by atoms with Gasteiger partial charge in [-0.3, -0.25) is 4.79 Å². The summed E-state index contributed by atoms with van der Waals surface area (Å²) in [5.41, 5.74) is 0.794. The number of carboxylic acid groups (broad SMARTS) is 1.